The van der Waals surface area contributed by atoms with Gasteiger partial charge in [-0.2, -0.15) is 0 Å². The molecule has 0 unspecified atom stereocenters. The second kappa shape index (κ2) is 12.3. The molecule has 0 bridgehead atoms. The lowest BCUT2D eigenvalue weighted by Crippen LogP contribution is -2.19. The van der Waals surface area contributed by atoms with Gasteiger partial charge in [-0.3, -0.25) is 4.79 Å². The van der Waals surface area contributed by atoms with Crippen LogP contribution in [0.2, 0.25) is 0 Å². The number of rotatable bonds is 11. The van der Waals surface area contributed by atoms with Crippen molar-refractivity contribution < 1.29 is 19.4 Å². The van der Waals surface area contributed by atoms with Crippen LogP contribution in [0.4, 0.5) is 5.69 Å². The van der Waals surface area contributed by atoms with Gasteiger partial charge in [0.25, 0.3) is 5.91 Å². The number of nitrogens with zero attached hydrogens (tertiary/aromatic N) is 1. The molecular weight excluding hydrogens is 436 g/mol. The Balaban J connectivity index is 1.63. The summed E-state index contributed by atoms with van der Waals surface area (Å²) in [6.07, 6.45) is 9.06. The number of nitrogens with one attached hydrogen (secondary N) is 1. The fourth-order valence-corrected chi connectivity index (χ4v) is 4.26. The second-order valence-electron chi connectivity index (χ2n) is 8.00. The first-order valence-electron chi connectivity index (χ1n) is 11.4. The predicted molar refractivity (Wildman–Crippen MR) is 136 cm³/mol. The van der Waals surface area contributed by atoms with Crippen molar-refractivity contribution in [1.82, 2.24) is 5.32 Å². The third kappa shape index (κ3) is 7.29. The molecule has 1 saturated heterocycles. The molecule has 33 heavy (non-hydrogen) atoms. The van der Waals surface area contributed by atoms with Crippen molar-refractivity contribution in [3.63, 3.8) is 0 Å². The summed E-state index contributed by atoms with van der Waals surface area (Å²) >= 11 is 1.23. The maximum absolute atomic E-state index is 12.4. The minimum atomic E-state index is -0.228. The number of hydrogen-bond acceptors (Lipinski definition) is 6. The molecule has 6 nitrogen and oxygen atoms in total. The third-order valence-electron chi connectivity index (χ3n) is 5.24. The van der Waals surface area contributed by atoms with Crippen molar-refractivity contribution >= 4 is 34.6 Å². The van der Waals surface area contributed by atoms with Crippen LogP contribution in [-0.2, 0) is 4.79 Å². The van der Waals surface area contributed by atoms with Gasteiger partial charge in [0, 0.05) is 0 Å². The van der Waals surface area contributed by atoms with Gasteiger partial charge >= 0.3 is 0 Å². The molecule has 2 aromatic carbocycles. The second-order valence-corrected chi connectivity index (χ2v) is 9.03. The van der Waals surface area contributed by atoms with Gasteiger partial charge in [-0.15, -0.1) is 0 Å². The van der Waals surface area contributed by atoms with Crippen molar-refractivity contribution in [1.29, 1.82) is 0 Å². The Morgan fingerprint density at radius 1 is 1.06 bits per heavy atom. The Morgan fingerprint density at radius 3 is 2.64 bits per heavy atom. The molecule has 176 valence electrons. The zero-order valence-electron chi connectivity index (χ0n) is 19.5. The molecule has 0 aromatic heterocycles. The number of carbonyl (C=O) groups is 1. The maximum Gasteiger partial charge on any atom is 0.264 e. The lowest BCUT2D eigenvalue weighted by molar-refractivity contribution is -0.115. The Hall–Kier alpha value is -2.93. The van der Waals surface area contributed by atoms with Crippen LogP contribution < -0.4 is 14.8 Å². The number of thioether (sulfide) groups is 1. The summed E-state index contributed by atoms with van der Waals surface area (Å²) in [4.78, 5) is 17.3. The highest BCUT2D eigenvalue weighted by molar-refractivity contribution is 8.18. The number of hydrogen-bond donors (Lipinski definition) is 2. The maximum atomic E-state index is 12.4. The summed E-state index contributed by atoms with van der Waals surface area (Å²) in [5, 5.41) is 13.2. The first-order valence-corrected chi connectivity index (χ1v) is 12.2. The van der Waals surface area contributed by atoms with Crippen LogP contribution >= 0.6 is 11.8 Å². The standard InChI is InChI=1S/C26H32N2O4S/c1-4-5-6-7-8-9-14-32-22-13-11-19(16-23(22)31-3)17-24-25(30)28-26(33-24)27-20-15-18(2)10-12-21(20)29/h10-13,15-17,29H,4-9,14H2,1-3H3,(H,27,28,30)/b24-17-. The highest BCUT2D eigenvalue weighted by Gasteiger charge is 2.24. The molecule has 0 saturated carbocycles. The molecule has 3 rings (SSSR count). The molecule has 1 aliphatic rings. The minimum absolute atomic E-state index is 0.0710. The van der Waals surface area contributed by atoms with Crippen LogP contribution in [0.25, 0.3) is 6.08 Å². The van der Waals surface area contributed by atoms with E-state index >= 15 is 0 Å². The highest BCUT2D eigenvalue weighted by Crippen LogP contribution is 2.34. The van der Waals surface area contributed by atoms with Crippen molar-refractivity contribution in [3.05, 3.63) is 52.4 Å². The van der Waals surface area contributed by atoms with E-state index < -0.39 is 0 Å². The van der Waals surface area contributed by atoms with Crippen LogP contribution in [0.5, 0.6) is 17.2 Å². The van der Waals surface area contributed by atoms with Crippen LogP contribution in [0, 0.1) is 6.92 Å². The summed E-state index contributed by atoms with van der Waals surface area (Å²) < 4.78 is 11.4. The van der Waals surface area contributed by atoms with Gasteiger partial charge in [0.1, 0.15) is 11.4 Å². The summed E-state index contributed by atoms with van der Waals surface area (Å²) in [6.45, 7) is 4.80. The molecule has 0 spiro atoms. The third-order valence-corrected chi connectivity index (χ3v) is 6.15. The highest BCUT2D eigenvalue weighted by atomic mass is 32.2. The first kappa shape index (κ1) is 24.7. The number of aliphatic imine (C=N–C) groups is 1. The number of amides is 1. The predicted octanol–water partition coefficient (Wildman–Crippen LogP) is 6.34. The number of aromatic hydroxyl groups is 1. The van der Waals surface area contributed by atoms with Gasteiger partial charge in [-0.1, -0.05) is 51.2 Å². The topological polar surface area (TPSA) is 80.2 Å². The van der Waals surface area contributed by atoms with Gasteiger partial charge in [0.15, 0.2) is 16.7 Å². The van der Waals surface area contributed by atoms with E-state index in [1.54, 1.807) is 31.4 Å². The summed E-state index contributed by atoms with van der Waals surface area (Å²) in [7, 11) is 1.61. The Bertz CT molecular complexity index is 1030. The molecular formula is C26H32N2O4S. The molecule has 1 amide bonds. The number of aryl methyl sites for hydroxylation is 1. The molecule has 1 fully saturated rings. The first-order chi connectivity index (χ1) is 16.0. The van der Waals surface area contributed by atoms with Gasteiger partial charge < -0.3 is 19.9 Å². The van der Waals surface area contributed by atoms with Gasteiger partial charge in [0.2, 0.25) is 0 Å². The molecule has 0 radical (unpaired) electrons. The Kier molecular flexibility index (Phi) is 9.24. The van der Waals surface area contributed by atoms with Crippen molar-refractivity contribution in [3.8, 4) is 17.2 Å². The summed E-state index contributed by atoms with van der Waals surface area (Å²) in [5.74, 6) is 1.18. The van der Waals surface area contributed by atoms with Gasteiger partial charge in [-0.05, 0) is 66.6 Å². The monoisotopic (exact) mass is 468 g/mol. The lowest BCUT2D eigenvalue weighted by atomic mass is 10.1. The lowest BCUT2D eigenvalue weighted by Gasteiger charge is -2.11. The van der Waals surface area contributed by atoms with Gasteiger partial charge in [-0.25, -0.2) is 4.99 Å². The normalized spacial score (nSPS) is 15.8. The van der Waals surface area contributed by atoms with Crippen molar-refractivity contribution in [2.24, 2.45) is 4.99 Å². The van der Waals surface area contributed by atoms with E-state index in [1.807, 2.05) is 25.1 Å². The number of phenolic OH excluding ortho intramolecular Hbond substituents is 1. The smallest absolute Gasteiger partial charge is 0.264 e. The van der Waals surface area contributed by atoms with Crippen molar-refractivity contribution in [2.45, 2.75) is 52.4 Å². The van der Waals surface area contributed by atoms with E-state index in [-0.39, 0.29) is 11.7 Å². The zero-order chi connectivity index (χ0) is 23.6. The van der Waals surface area contributed by atoms with E-state index in [4.69, 9.17) is 9.47 Å². The van der Waals surface area contributed by atoms with Crippen LogP contribution in [0.15, 0.2) is 46.3 Å². The Morgan fingerprint density at radius 2 is 1.85 bits per heavy atom. The molecule has 0 aliphatic carbocycles. The van der Waals surface area contributed by atoms with Crippen molar-refractivity contribution in [2.75, 3.05) is 13.7 Å². The fourth-order valence-electron chi connectivity index (χ4n) is 3.42. The van der Waals surface area contributed by atoms with Gasteiger partial charge in [0.05, 0.1) is 18.6 Å². The number of phenols is 1. The van der Waals surface area contributed by atoms with Crippen LogP contribution in [0.3, 0.4) is 0 Å². The van der Waals surface area contributed by atoms with E-state index in [0.717, 1.165) is 17.5 Å². The number of methoxy groups -OCH3 is 1. The average molecular weight is 469 g/mol. The van der Waals surface area contributed by atoms with Crippen LogP contribution in [0.1, 0.15) is 56.6 Å². The molecule has 1 aliphatic heterocycles. The number of carbonyl (C=O) groups excluding carboxylic acids is 1. The largest absolute Gasteiger partial charge is 0.506 e. The quantitative estimate of drug-likeness (QED) is 0.297. The summed E-state index contributed by atoms with van der Waals surface area (Å²) in [6, 6.07) is 10.8. The number of amidine groups is 1. The zero-order valence-corrected chi connectivity index (χ0v) is 20.3. The van der Waals surface area contributed by atoms with E-state index in [9.17, 15) is 9.90 Å². The number of ether oxygens (including phenoxy) is 2. The molecule has 0 atom stereocenters. The molecule has 7 heteroatoms. The van der Waals surface area contributed by atoms with E-state index in [2.05, 4.69) is 17.2 Å². The fraction of sp³-hybridized carbons (Fsp3) is 0.385. The molecule has 2 N–H and O–H groups in total. The Labute approximate surface area is 200 Å². The SMILES string of the molecule is CCCCCCCCOc1ccc(/C=C2\SC(=Nc3cc(C)ccc3O)NC2=O)cc1OC. The van der Waals surface area contributed by atoms with E-state index in [1.165, 1.54) is 43.9 Å². The van der Waals surface area contributed by atoms with Crippen LogP contribution in [-0.4, -0.2) is 29.9 Å². The van der Waals surface area contributed by atoms with E-state index in [0.29, 0.717) is 33.9 Å². The number of benzene rings is 2. The minimum Gasteiger partial charge on any atom is -0.506 e. The number of unbranched alkanes of at least 4 members (excludes halogenated alkanes) is 5. The summed E-state index contributed by atoms with van der Waals surface area (Å²) in [5.41, 5.74) is 2.23. The molecule has 1 heterocycles. The molecule has 2 aromatic rings. The average Bonchev–Trinajstić information content (AvgIpc) is 3.14.